The maximum absolute atomic E-state index is 12.4. The highest BCUT2D eigenvalue weighted by atomic mass is 16.5. The van der Waals surface area contributed by atoms with E-state index in [-0.39, 0.29) is 18.5 Å². The lowest BCUT2D eigenvalue weighted by molar-refractivity contribution is -0.143. The largest absolute Gasteiger partial charge is 0.466 e. The number of rotatable bonds is 55. The van der Waals surface area contributed by atoms with Gasteiger partial charge in [0.25, 0.3) is 0 Å². The predicted molar refractivity (Wildman–Crippen MR) is 292 cm³/mol. The first-order valence-electron chi connectivity index (χ1n) is 29.7. The summed E-state index contributed by atoms with van der Waals surface area (Å²) in [7, 11) is 0. The Hall–Kier alpha value is -1.92. The Balaban J connectivity index is 3.37. The second-order valence-corrected chi connectivity index (χ2v) is 20.3. The van der Waals surface area contributed by atoms with Crippen LogP contribution >= 0.6 is 0 Å². The van der Waals surface area contributed by atoms with Crippen molar-refractivity contribution >= 4 is 11.9 Å². The summed E-state index contributed by atoms with van der Waals surface area (Å²) in [5.41, 5.74) is 0. The number of nitrogens with one attached hydrogen (secondary N) is 1. The SMILES string of the molecule is CCCCC/C=C\C/C=C\CCCCCCCCCC(=O)OCCCCCCCCCCCCCC/C=C\CCCCCCCCCCC(=O)NC(CO)C(O)CCCCCCCCCCC. The van der Waals surface area contributed by atoms with Gasteiger partial charge in [-0.05, 0) is 83.5 Å². The molecule has 0 aliphatic heterocycles. The molecule has 0 rings (SSSR count). The quantitative estimate of drug-likeness (QED) is 0.0321. The van der Waals surface area contributed by atoms with Crippen molar-refractivity contribution in [1.29, 1.82) is 0 Å². The van der Waals surface area contributed by atoms with Gasteiger partial charge < -0.3 is 20.3 Å². The highest BCUT2D eigenvalue weighted by Gasteiger charge is 2.20. The fourth-order valence-electron chi connectivity index (χ4n) is 9.08. The molecule has 0 spiro atoms. The van der Waals surface area contributed by atoms with Crippen molar-refractivity contribution in [3.8, 4) is 0 Å². The Morgan fingerprint density at radius 1 is 0.418 bits per heavy atom. The Kier molecular flexibility index (Phi) is 55.0. The molecule has 0 aromatic heterocycles. The minimum absolute atomic E-state index is 0.00449. The third-order valence-electron chi connectivity index (χ3n) is 13.7. The summed E-state index contributed by atoms with van der Waals surface area (Å²) in [4.78, 5) is 24.5. The zero-order valence-electron chi connectivity index (χ0n) is 44.9. The minimum Gasteiger partial charge on any atom is -0.466 e. The Labute approximate surface area is 417 Å². The number of allylic oxidation sites excluding steroid dienone is 6. The molecule has 0 bridgehead atoms. The van der Waals surface area contributed by atoms with E-state index in [0.29, 0.717) is 25.9 Å². The maximum atomic E-state index is 12.4. The molecule has 0 saturated carbocycles. The number of amides is 1. The van der Waals surface area contributed by atoms with Gasteiger partial charge in [-0.25, -0.2) is 0 Å². The molecule has 2 unspecified atom stereocenters. The monoisotopic (exact) mass is 942 g/mol. The van der Waals surface area contributed by atoms with Gasteiger partial charge in [0.1, 0.15) is 0 Å². The van der Waals surface area contributed by atoms with E-state index in [2.05, 4.69) is 55.6 Å². The van der Waals surface area contributed by atoms with E-state index in [4.69, 9.17) is 4.74 Å². The van der Waals surface area contributed by atoms with Crippen LogP contribution in [0.4, 0.5) is 0 Å². The number of carbonyl (C=O) groups excluding carboxylic acids is 2. The molecule has 0 aromatic rings. The van der Waals surface area contributed by atoms with E-state index >= 15 is 0 Å². The van der Waals surface area contributed by atoms with Gasteiger partial charge in [-0.1, -0.05) is 256 Å². The predicted octanol–water partition coefficient (Wildman–Crippen LogP) is 18.4. The second-order valence-electron chi connectivity index (χ2n) is 20.3. The lowest BCUT2D eigenvalue weighted by Crippen LogP contribution is -2.45. The van der Waals surface area contributed by atoms with Crippen LogP contribution in [0.25, 0.3) is 0 Å². The van der Waals surface area contributed by atoms with Crippen molar-refractivity contribution < 1.29 is 24.5 Å². The third-order valence-corrected chi connectivity index (χ3v) is 13.7. The number of carbonyl (C=O) groups is 2. The van der Waals surface area contributed by atoms with Crippen molar-refractivity contribution in [3.05, 3.63) is 36.5 Å². The molecule has 2 atom stereocenters. The lowest BCUT2D eigenvalue weighted by Gasteiger charge is -2.22. The normalized spacial score (nSPS) is 12.8. The number of esters is 1. The highest BCUT2D eigenvalue weighted by Crippen LogP contribution is 2.17. The number of aliphatic hydroxyl groups excluding tert-OH is 2. The van der Waals surface area contributed by atoms with E-state index in [1.165, 1.54) is 231 Å². The van der Waals surface area contributed by atoms with Crippen LogP contribution in [0.5, 0.6) is 0 Å². The molecule has 0 radical (unpaired) electrons. The molecular weight excluding hydrogens is 827 g/mol. The summed E-state index contributed by atoms with van der Waals surface area (Å²) >= 11 is 0. The summed E-state index contributed by atoms with van der Waals surface area (Å²) in [6.07, 6.45) is 70.1. The first-order chi connectivity index (χ1) is 33.0. The standard InChI is InChI=1S/C61H115NO5/c1-3-5-7-9-11-13-14-15-16-25-29-32-35-39-43-47-51-55-61(66)67-56-52-48-44-40-36-33-30-27-24-22-20-18-17-19-21-23-26-28-31-34-38-42-46-50-54-60(65)62-58(57-63)59(64)53-49-45-41-37-12-10-8-6-4-2/h11,13,15-16,19,21,58-59,63-64H,3-10,12,14,17-18,20,22-57H2,1-2H3,(H,62,65)/b13-11-,16-15-,21-19-. The van der Waals surface area contributed by atoms with Crippen LogP contribution < -0.4 is 5.32 Å². The van der Waals surface area contributed by atoms with Crippen molar-refractivity contribution in [3.63, 3.8) is 0 Å². The Bertz CT molecular complexity index is 1090. The van der Waals surface area contributed by atoms with Crippen LogP contribution in [0, 0.1) is 0 Å². The van der Waals surface area contributed by atoms with Gasteiger partial charge in [-0.2, -0.15) is 0 Å². The van der Waals surface area contributed by atoms with Crippen LogP contribution in [-0.2, 0) is 14.3 Å². The van der Waals surface area contributed by atoms with Gasteiger partial charge in [0.2, 0.25) is 5.91 Å². The summed E-state index contributed by atoms with van der Waals surface area (Å²) in [6.45, 7) is 4.91. The summed E-state index contributed by atoms with van der Waals surface area (Å²) in [5, 5.41) is 23.1. The number of ether oxygens (including phenoxy) is 1. The molecule has 67 heavy (non-hydrogen) atoms. The molecule has 394 valence electrons. The molecule has 3 N–H and O–H groups in total. The van der Waals surface area contributed by atoms with Gasteiger partial charge in [0.05, 0.1) is 25.4 Å². The minimum atomic E-state index is -0.665. The van der Waals surface area contributed by atoms with Crippen molar-refractivity contribution in [2.45, 2.75) is 328 Å². The van der Waals surface area contributed by atoms with Gasteiger partial charge in [0, 0.05) is 12.8 Å². The molecule has 0 aliphatic rings. The van der Waals surface area contributed by atoms with Crippen LogP contribution in [0.15, 0.2) is 36.5 Å². The van der Waals surface area contributed by atoms with Gasteiger partial charge >= 0.3 is 5.97 Å². The Morgan fingerprint density at radius 3 is 1.18 bits per heavy atom. The van der Waals surface area contributed by atoms with Crippen LogP contribution in [0.2, 0.25) is 0 Å². The van der Waals surface area contributed by atoms with Gasteiger partial charge in [-0.15, -0.1) is 0 Å². The average molecular weight is 943 g/mol. The number of aliphatic hydroxyl groups is 2. The van der Waals surface area contributed by atoms with E-state index in [9.17, 15) is 19.8 Å². The smallest absolute Gasteiger partial charge is 0.305 e. The number of unbranched alkanes of at least 4 members (excludes halogenated alkanes) is 38. The first kappa shape index (κ1) is 65.1. The fraction of sp³-hybridized carbons (Fsp3) is 0.869. The molecule has 6 nitrogen and oxygen atoms in total. The van der Waals surface area contributed by atoms with Crippen molar-refractivity contribution in [2.24, 2.45) is 0 Å². The first-order valence-corrected chi connectivity index (χ1v) is 29.7. The molecule has 0 aromatic carbocycles. The summed E-state index contributed by atoms with van der Waals surface area (Å²) in [5.74, 6) is -0.0374. The highest BCUT2D eigenvalue weighted by molar-refractivity contribution is 5.76. The topological polar surface area (TPSA) is 95.9 Å². The molecule has 0 aliphatic carbocycles. The lowest BCUT2D eigenvalue weighted by atomic mass is 10.0. The zero-order valence-corrected chi connectivity index (χ0v) is 44.9. The number of hydrogen-bond acceptors (Lipinski definition) is 5. The Morgan fingerprint density at radius 2 is 0.746 bits per heavy atom. The molecule has 6 heteroatoms. The van der Waals surface area contributed by atoms with Crippen molar-refractivity contribution in [2.75, 3.05) is 13.2 Å². The number of hydrogen-bond donors (Lipinski definition) is 3. The zero-order chi connectivity index (χ0) is 48.6. The van der Waals surface area contributed by atoms with Gasteiger partial charge in [-0.3, -0.25) is 9.59 Å². The van der Waals surface area contributed by atoms with Crippen LogP contribution in [-0.4, -0.2) is 47.4 Å². The maximum Gasteiger partial charge on any atom is 0.305 e. The summed E-state index contributed by atoms with van der Waals surface area (Å²) < 4.78 is 5.49. The third kappa shape index (κ3) is 53.3. The van der Waals surface area contributed by atoms with E-state index in [0.717, 1.165) is 51.4 Å². The van der Waals surface area contributed by atoms with Crippen LogP contribution in [0.1, 0.15) is 316 Å². The fourth-order valence-corrected chi connectivity index (χ4v) is 9.08. The molecule has 1 amide bonds. The molecule has 0 saturated heterocycles. The molecular formula is C61H115NO5. The molecule has 0 heterocycles. The second kappa shape index (κ2) is 56.7. The average Bonchev–Trinajstić information content (AvgIpc) is 3.33. The van der Waals surface area contributed by atoms with E-state index in [1.54, 1.807) is 0 Å². The van der Waals surface area contributed by atoms with E-state index in [1.807, 2.05) is 0 Å². The van der Waals surface area contributed by atoms with Gasteiger partial charge in [0.15, 0.2) is 0 Å². The summed E-state index contributed by atoms with van der Waals surface area (Å²) in [6, 6.07) is -0.543. The van der Waals surface area contributed by atoms with Crippen molar-refractivity contribution in [1.82, 2.24) is 5.32 Å². The molecule has 0 fully saturated rings. The van der Waals surface area contributed by atoms with Crippen LogP contribution in [0.3, 0.4) is 0 Å². The van der Waals surface area contributed by atoms with E-state index < -0.39 is 12.1 Å².